The van der Waals surface area contributed by atoms with E-state index in [2.05, 4.69) is 37.2 Å². The van der Waals surface area contributed by atoms with Crippen LogP contribution in [0.5, 0.6) is 0 Å². The summed E-state index contributed by atoms with van der Waals surface area (Å²) < 4.78 is 1.85. The van der Waals surface area contributed by atoms with Crippen LogP contribution in [-0.4, -0.2) is 11.8 Å². The minimum Gasteiger partial charge on any atom is -0.322 e. The molecule has 0 saturated carbocycles. The van der Waals surface area contributed by atoms with Crippen LogP contribution < -0.4 is 10.2 Å². The molecule has 0 aliphatic carbocycles. The first-order valence-electron chi connectivity index (χ1n) is 11.1. The van der Waals surface area contributed by atoms with E-state index in [1.165, 1.54) is 0 Å². The Hall–Kier alpha value is -3.22. The van der Waals surface area contributed by atoms with E-state index in [0.717, 1.165) is 31.3 Å². The van der Waals surface area contributed by atoms with Crippen molar-refractivity contribution in [2.75, 3.05) is 10.2 Å². The molecule has 176 valence electrons. The molecule has 6 heteroatoms. The van der Waals surface area contributed by atoms with Crippen LogP contribution in [-0.2, 0) is 6.54 Å². The lowest BCUT2D eigenvalue weighted by molar-refractivity contribution is 0.0985. The molecule has 0 radical (unpaired) electrons. The van der Waals surface area contributed by atoms with Gasteiger partial charge in [0.2, 0.25) is 0 Å². The van der Waals surface area contributed by atoms with Crippen LogP contribution in [0, 0.1) is 13.8 Å². The van der Waals surface area contributed by atoms with E-state index in [9.17, 15) is 9.59 Å². The largest absolute Gasteiger partial charge is 0.322 e. The van der Waals surface area contributed by atoms with Gasteiger partial charge in [-0.1, -0.05) is 73.8 Å². The predicted molar refractivity (Wildman–Crippen MR) is 149 cm³/mol. The van der Waals surface area contributed by atoms with Crippen LogP contribution in [0.2, 0.25) is 0 Å². The summed E-state index contributed by atoms with van der Waals surface area (Å²) in [5, 5.41) is 3.02. The summed E-state index contributed by atoms with van der Waals surface area (Å²) in [6.07, 6.45) is 0. The second kappa shape index (κ2) is 11.0. The van der Waals surface area contributed by atoms with E-state index in [4.69, 9.17) is 0 Å². The van der Waals surface area contributed by atoms with Gasteiger partial charge >= 0.3 is 0 Å². The van der Waals surface area contributed by atoms with Crippen molar-refractivity contribution in [2.24, 2.45) is 0 Å². The fourth-order valence-electron chi connectivity index (χ4n) is 3.83. The maximum absolute atomic E-state index is 13.7. The van der Waals surface area contributed by atoms with Gasteiger partial charge in [0.05, 0.1) is 17.8 Å². The summed E-state index contributed by atoms with van der Waals surface area (Å²) in [7, 11) is 0. The van der Waals surface area contributed by atoms with Gasteiger partial charge in [-0.15, -0.1) is 0 Å². The molecule has 0 spiro atoms. The molecule has 2 amide bonds. The van der Waals surface area contributed by atoms with E-state index in [1.54, 1.807) is 23.1 Å². The van der Waals surface area contributed by atoms with Crippen LogP contribution in [0.4, 0.5) is 11.4 Å². The summed E-state index contributed by atoms with van der Waals surface area (Å²) in [6, 6.07) is 28.1. The van der Waals surface area contributed by atoms with Crippen molar-refractivity contribution >= 4 is 55.0 Å². The first kappa shape index (κ1) is 24.9. The van der Waals surface area contributed by atoms with Gasteiger partial charge in [0.15, 0.2) is 0 Å². The zero-order valence-electron chi connectivity index (χ0n) is 19.4. The monoisotopic (exact) mass is 590 g/mol. The predicted octanol–water partition coefficient (Wildman–Crippen LogP) is 7.93. The van der Waals surface area contributed by atoms with Crippen LogP contribution in [0.3, 0.4) is 0 Å². The van der Waals surface area contributed by atoms with Gasteiger partial charge in [-0.25, -0.2) is 0 Å². The fourth-order valence-corrected chi connectivity index (χ4v) is 4.36. The number of anilines is 2. The molecule has 1 N–H and O–H groups in total. The minimum absolute atomic E-state index is 0.188. The first-order chi connectivity index (χ1) is 16.8. The Morgan fingerprint density at radius 2 is 1.43 bits per heavy atom. The van der Waals surface area contributed by atoms with Crippen LogP contribution in [0.1, 0.15) is 37.4 Å². The summed E-state index contributed by atoms with van der Waals surface area (Å²) in [4.78, 5) is 28.8. The van der Waals surface area contributed by atoms with Crippen molar-refractivity contribution in [1.82, 2.24) is 0 Å². The maximum atomic E-state index is 13.7. The molecule has 4 aromatic carbocycles. The van der Waals surface area contributed by atoms with E-state index >= 15 is 0 Å². The maximum Gasteiger partial charge on any atom is 0.258 e. The quantitative estimate of drug-likeness (QED) is 0.247. The number of carbonyl (C=O) groups excluding carboxylic acids is 2. The Morgan fingerprint density at radius 1 is 0.800 bits per heavy atom. The number of rotatable bonds is 6. The number of carbonyl (C=O) groups is 2. The molecule has 0 unspecified atom stereocenters. The number of benzene rings is 4. The first-order valence-corrected chi connectivity index (χ1v) is 12.7. The third-order valence-corrected chi connectivity index (χ3v) is 6.72. The highest BCUT2D eigenvalue weighted by atomic mass is 79.9. The molecule has 4 rings (SSSR count). The van der Waals surface area contributed by atoms with Crippen LogP contribution in [0.15, 0.2) is 99.9 Å². The number of nitrogens with zero attached hydrogens (tertiary/aromatic N) is 1. The van der Waals surface area contributed by atoms with Crippen LogP contribution in [0.25, 0.3) is 0 Å². The normalized spacial score (nSPS) is 10.6. The van der Waals surface area contributed by atoms with Crippen molar-refractivity contribution in [3.63, 3.8) is 0 Å². The highest BCUT2D eigenvalue weighted by Gasteiger charge is 2.23. The van der Waals surface area contributed by atoms with Crippen molar-refractivity contribution in [3.8, 4) is 0 Å². The number of aryl methyl sites for hydroxylation is 2. The topological polar surface area (TPSA) is 49.4 Å². The molecule has 0 aliphatic rings. The second-order valence-corrected chi connectivity index (χ2v) is 10.1. The molecule has 0 aromatic heterocycles. The lowest BCUT2D eigenvalue weighted by atomic mass is 10.1. The van der Waals surface area contributed by atoms with Crippen molar-refractivity contribution in [2.45, 2.75) is 20.4 Å². The van der Waals surface area contributed by atoms with E-state index in [1.807, 2.05) is 86.6 Å². The molecule has 0 bridgehead atoms. The molecular weight excluding hydrogens is 568 g/mol. The van der Waals surface area contributed by atoms with Gasteiger partial charge in [0, 0.05) is 20.2 Å². The SMILES string of the molecule is Cc1ccc(NC(=O)c2ccccc2N(Cc2ccc(Br)cc2)C(=O)c2ccc(Br)cc2)c(C)c1. The Bertz CT molecular complexity index is 1370. The van der Waals surface area contributed by atoms with Gasteiger partial charge in [-0.05, 0) is 79.6 Å². The fraction of sp³-hybridized carbons (Fsp3) is 0.103. The molecular formula is C29H24Br2N2O2. The molecule has 35 heavy (non-hydrogen) atoms. The molecule has 0 fully saturated rings. The van der Waals surface area contributed by atoms with Gasteiger partial charge in [-0.2, -0.15) is 0 Å². The van der Waals surface area contributed by atoms with Crippen molar-refractivity contribution < 1.29 is 9.59 Å². The molecule has 4 aromatic rings. The number of hydrogen-bond acceptors (Lipinski definition) is 2. The van der Waals surface area contributed by atoms with Gasteiger partial charge < -0.3 is 10.2 Å². The second-order valence-electron chi connectivity index (χ2n) is 8.31. The smallest absolute Gasteiger partial charge is 0.258 e. The van der Waals surface area contributed by atoms with Gasteiger partial charge in [-0.3, -0.25) is 9.59 Å². The average molecular weight is 592 g/mol. The van der Waals surface area contributed by atoms with Crippen LogP contribution >= 0.6 is 31.9 Å². The number of hydrogen-bond donors (Lipinski definition) is 1. The zero-order valence-corrected chi connectivity index (χ0v) is 22.6. The highest BCUT2D eigenvalue weighted by molar-refractivity contribution is 9.10. The highest BCUT2D eigenvalue weighted by Crippen LogP contribution is 2.27. The standard InChI is InChI=1S/C29H24Br2N2O2/c1-19-7-16-26(20(2)17-19)32-28(34)25-5-3-4-6-27(25)33(18-21-8-12-23(30)13-9-21)29(35)22-10-14-24(31)15-11-22/h3-17H,18H2,1-2H3,(H,32,34). The van der Waals surface area contributed by atoms with Crippen molar-refractivity contribution in [3.05, 3.63) is 128 Å². The number of amides is 2. The summed E-state index contributed by atoms with van der Waals surface area (Å²) in [5.41, 5.74) is 5.31. The lowest BCUT2D eigenvalue weighted by Crippen LogP contribution is -2.32. The zero-order chi connectivity index (χ0) is 24.9. The third kappa shape index (κ3) is 6.08. The summed E-state index contributed by atoms with van der Waals surface area (Å²) >= 11 is 6.89. The summed E-state index contributed by atoms with van der Waals surface area (Å²) in [5.74, 6) is -0.454. The summed E-state index contributed by atoms with van der Waals surface area (Å²) in [6.45, 7) is 4.29. The number of para-hydroxylation sites is 1. The minimum atomic E-state index is -0.267. The molecule has 4 nitrogen and oxygen atoms in total. The lowest BCUT2D eigenvalue weighted by Gasteiger charge is -2.25. The van der Waals surface area contributed by atoms with E-state index < -0.39 is 0 Å². The molecule has 0 saturated heterocycles. The van der Waals surface area contributed by atoms with Crippen molar-refractivity contribution in [1.29, 1.82) is 0 Å². The Balaban J connectivity index is 1.73. The van der Waals surface area contributed by atoms with E-state index in [0.29, 0.717) is 23.4 Å². The molecule has 0 aliphatic heterocycles. The number of halogens is 2. The molecule has 0 heterocycles. The Kier molecular flexibility index (Phi) is 7.83. The average Bonchev–Trinajstić information content (AvgIpc) is 2.85. The number of nitrogens with one attached hydrogen (secondary N) is 1. The van der Waals surface area contributed by atoms with Gasteiger partial charge in [0.25, 0.3) is 11.8 Å². The Labute approximate surface area is 222 Å². The van der Waals surface area contributed by atoms with E-state index in [-0.39, 0.29) is 11.8 Å². The van der Waals surface area contributed by atoms with Gasteiger partial charge in [0.1, 0.15) is 0 Å². The molecule has 0 atom stereocenters. The Morgan fingerprint density at radius 3 is 2.09 bits per heavy atom. The third-order valence-electron chi connectivity index (χ3n) is 5.66.